The molecule has 4 heteroatoms. The second-order valence-corrected chi connectivity index (χ2v) is 3.47. The maximum atomic E-state index is 8.97. The Labute approximate surface area is 85.2 Å². The molecule has 2 unspecified atom stereocenters. The lowest BCUT2D eigenvalue weighted by molar-refractivity contribution is 0.186. The standard InChI is InChI=1S/C9H18N2OS/c1-4-7(2)11-9(13)10-6-5-8(3)12/h4,7-8,12H,1,5-6H2,2-3H3,(H2,10,11,13). The fraction of sp³-hybridized carbons (Fsp3) is 0.667. The predicted octanol–water partition coefficient (Wildman–Crippen LogP) is 0.796. The van der Waals surface area contributed by atoms with Crippen molar-refractivity contribution in [3.8, 4) is 0 Å². The van der Waals surface area contributed by atoms with Gasteiger partial charge >= 0.3 is 0 Å². The summed E-state index contributed by atoms with van der Waals surface area (Å²) < 4.78 is 0. The molecule has 76 valence electrons. The zero-order valence-corrected chi connectivity index (χ0v) is 9.03. The summed E-state index contributed by atoms with van der Waals surface area (Å²) >= 11 is 5.00. The van der Waals surface area contributed by atoms with Crippen molar-refractivity contribution >= 4 is 17.3 Å². The van der Waals surface area contributed by atoms with Gasteiger partial charge in [-0.05, 0) is 32.5 Å². The van der Waals surface area contributed by atoms with Crippen LogP contribution in [0.1, 0.15) is 20.3 Å². The van der Waals surface area contributed by atoms with E-state index in [1.807, 2.05) is 6.92 Å². The molecule has 0 amide bonds. The molecular formula is C9H18N2OS. The average molecular weight is 202 g/mol. The third-order valence-corrected chi connectivity index (χ3v) is 1.82. The molecule has 13 heavy (non-hydrogen) atoms. The van der Waals surface area contributed by atoms with Crippen LogP contribution in [0.3, 0.4) is 0 Å². The van der Waals surface area contributed by atoms with Crippen LogP contribution in [0, 0.1) is 0 Å². The Morgan fingerprint density at radius 1 is 1.62 bits per heavy atom. The predicted molar refractivity (Wildman–Crippen MR) is 59.7 cm³/mol. The summed E-state index contributed by atoms with van der Waals surface area (Å²) in [6.45, 7) is 8.04. The van der Waals surface area contributed by atoms with Crippen LogP contribution >= 0.6 is 12.2 Å². The minimum absolute atomic E-state index is 0.173. The number of hydrogen-bond donors (Lipinski definition) is 3. The molecule has 0 saturated heterocycles. The molecule has 0 aromatic rings. The third-order valence-electron chi connectivity index (χ3n) is 1.56. The van der Waals surface area contributed by atoms with Crippen LogP contribution in [0.15, 0.2) is 12.7 Å². The van der Waals surface area contributed by atoms with E-state index in [-0.39, 0.29) is 12.1 Å². The first-order valence-electron chi connectivity index (χ1n) is 4.41. The van der Waals surface area contributed by atoms with Crippen LogP contribution in [0.5, 0.6) is 0 Å². The molecule has 0 aromatic carbocycles. The van der Waals surface area contributed by atoms with E-state index < -0.39 is 0 Å². The summed E-state index contributed by atoms with van der Waals surface area (Å²) in [5.41, 5.74) is 0. The number of nitrogens with one attached hydrogen (secondary N) is 2. The van der Waals surface area contributed by atoms with Gasteiger partial charge in [0.15, 0.2) is 5.11 Å². The lowest BCUT2D eigenvalue weighted by Gasteiger charge is -2.13. The number of rotatable bonds is 5. The van der Waals surface area contributed by atoms with Gasteiger partial charge in [0.2, 0.25) is 0 Å². The largest absolute Gasteiger partial charge is 0.393 e. The lowest BCUT2D eigenvalue weighted by Crippen LogP contribution is -2.40. The van der Waals surface area contributed by atoms with Gasteiger partial charge in [-0.2, -0.15) is 0 Å². The Hall–Kier alpha value is -0.610. The van der Waals surface area contributed by atoms with Crippen molar-refractivity contribution in [2.75, 3.05) is 6.54 Å². The van der Waals surface area contributed by atoms with Gasteiger partial charge in [0, 0.05) is 12.6 Å². The summed E-state index contributed by atoms with van der Waals surface area (Å²) in [6.07, 6.45) is 2.19. The van der Waals surface area contributed by atoms with E-state index in [2.05, 4.69) is 17.2 Å². The average Bonchev–Trinajstić information content (AvgIpc) is 2.03. The van der Waals surface area contributed by atoms with Crippen molar-refractivity contribution in [1.82, 2.24) is 10.6 Å². The van der Waals surface area contributed by atoms with Gasteiger partial charge in [0.1, 0.15) is 0 Å². The Balaban J connectivity index is 3.46. The summed E-state index contributed by atoms with van der Waals surface area (Å²) in [5.74, 6) is 0. The van der Waals surface area contributed by atoms with E-state index >= 15 is 0 Å². The smallest absolute Gasteiger partial charge is 0.166 e. The Kier molecular flexibility index (Phi) is 6.54. The zero-order chi connectivity index (χ0) is 10.3. The quantitative estimate of drug-likeness (QED) is 0.456. The van der Waals surface area contributed by atoms with Crippen molar-refractivity contribution in [3.63, 3.8) is 0 Å². The SMILES string of the molecule is C=CC(C)NC(=S)NCCC(C)O. The molecule has 0 fully saturated rings. The highest BCUT2D eigenvalue weighted by molar-refractivity contribution is 7.80. The van der Waals surface area contributed by atoms with Crippen LogP contribution in [0.4, 0.5) is 0 Å². The Morgan fingerprint density at radius 3 is 2.69 bits per heavy atom. The van der Waals surface area contributed by atoms with Crippen LogP contribution in [-0.4, -0.2) is 28.9 Å². The zero-order valence-electron chi connectivity index (χ0n) is 8.21. The van der Waals surface area contributed by atoms with Gasteiger partial charge in [0.25, 0.3) is 0 Å². The maximum Gasteiger partial charge on any atom is 0.166 e. The molecule has 0 rings (SSSR count). The molecule has 0 saturated carbocycles. The molecule has 0 radical (unpaired) electrons. The minimum Gasteiger partial charge on any atom is -0.393 e. The van der Waals surface area contributed by atoms with Crippen molar-refractivity contribution in [2.45, 2.75) is 32.4 Å². The highest BCUT2D eigenvalue weighted by Crippen LogP contribution is 1.86. The van der Waals surface area contributed by atoms with Crippen LogP contribution < -0.4 is 10.6 Å². The second kappa shape index (κ2) is 6.86. The summed E-state index contributed by atoms with van der Waals surface area (Å²) in [7, 11) is 0. The molecule has 3 N–H and O–H groups in total. The van der Waals surface area contributed by atoms with Crippen LogP contribution in [0.25, 0.3) is 0 Å². The van der Waals surface area contributed by atoms with E-state index in [4.69, 9.17) is 17.3 Å². The molecule has 0 aromatic heterocycles. The van der Waals surface area contributed by atoms with E-state index in [9.17, 15) is 0 Å². The summed E-state index contributed by atoms with van der Waals surface area (Å²) in [6, 6.07) is 0.173. The minimum atomic E-state index is -0.285. The van der Waals surface area contributed by atoms with Gasteiger partial charge in [0.05, 0.1) is 6.10 Å². The maximum absolute atomic E-state index is 8.97. The van der Waals surface area contributed by atoms with Gasteiger partial charge in [-0.25, -0.2) is 0 Å². The van der Waals surface area contributed by atoms with Crippen LogP contribution in [0.2, 0.25) is 0 Å². The highest BCUT2D eigenvalue weighted by atomic mass is 32.1. The second-order valence-electron chi connectivity index (χ2n) is 3.06. The van der Waals surface area contributed by atoms with Gasteiger partial charge in [-0.15, -0.1) is 6.58 Å². The van der Waals surface area contributed by atoms with Crippen molar-refractivity contribution < 1.29 is 5.11 Å². The number of aliphatic hydroxyl groups excluding tert-OH is 1. The number of aliphatic hydroxyl groups is 1. The molecule has 0 aliphatic rings. The van der Waals surface area contributed by atoms with Gasteiger partial charge in [-0.1, -0.05) is 6.08 Å². The summed E-state index contributed by atoms with van der Waals surface area (Å²) in [4.78, 5) is 0. The first-order chi connectivity index (χ1) is 6.06. The third kappa shape index (κ3) is 7.74. The molecule has 3 nitrogen and oxygen atoms in total. The molecule has 0 heterocycles. The molecule has 0 bridgehead atoms. The topological polar surface area (TPSA) is 44.3 Å². The van der Waals surface area contributed by atoms with E-state index in [0.717, 1.165) is 0 Å². The van der Waals surface area contributed by atoms with Crippen molar-refractivity contribution in [2.24, 2.45) is 0 Å². The number of hydrogen-bond acceptors (Lipinski definition) is 2. The fourth-order valence-corrected chi connectivity index (χ4v) is 0.999. The van der Waals surface area contributed by atoms with Crippen molar-refractivity contribution in [3.05, 3.63) is 12.7 Å². The number of thiocarbonyl (C=S) groups is 1. The van der Waals surface area contributed by atoms with Crippen molar-refractivity contribution in [1.29, 1.82) is 0 Å². The molecule has 2 atom stereocenters. The highest BCUT2D eigenvalue weighted by Gasteiger charge is 1.99. The van der Waals surface area contributed by atoms with Gasteiger partial charge < -0.3 is 15.7 Å². The van der Waals surface area contributed by atoms with E-state index in [1.54, 1.807) is 13.0 Å². The first kappa shape index (κ1) is 12.4. The van der Waals surface area contributed by atoms with E-state index in [0.29, 0.717) is 18.1 Å². The molecule has 0 aliphatic carbocycles. The molecule has 0 spiro atoms. The molecular weight excluding hydrogens is 184 g/mol. The van der Waals surface area contributed by atoms with Gasteiger partial charge in [-0.3, -0.25) is 0 Å². The Morgan fingerprint density at radius 2 is 2.23 bits per heavy atom. The van der Waals surface area contributed by atoms with E-state index in [1.165, 1.54) is 0 Å². The normalized spacial score (nSPS) is 14.4. The first-order valence-corrected chi connectivity index (χ1v) is 4.82. The monoisotopic (exact) mass is 202 g/mol. The molecule has 0 aliphatic heterocycles. The summed E-state index contributed by atoms with van der Waals surface area (Å²) in [5, 5.41) is 15.6. The lowest BCUT2D eigenvalue weighted by atomic mass is 10.3. The van der Waals surface area contributed by atoms with Crippen LogP contribution in [-0.2, 0) is 0 Å². The Bertz CT molecular complexity index is 171. The fourth-order valence-electron chi connectivity index (χ4n) is 0.711.